The predicted molar refractivity (Wildman–Crippen MR) is 147 cm³/mol. The van der Waals surface area contributed by atoms with Gasteiger partial charge in [0.1, 0.15) is 5.69 Å². The number of nitro benzene ring substituents is 1. The van der Waals surface area contributed by atoms with Crippen LogP contribution in [0.5, 0.6) is 0 Å². The summed E-state index contributed by atoms with van der Waals surface area (Å²) in [6.45, 7) is 7.87. The first-order chi connectivity index (χ1) is 18.4. The highest BCUT2D eigenvalue weighted by molar-refractivity contribution is 6.01. The molecule has 4 aromatic rings. The third-order valence-corrected chi connectivity index (χ3v) is 6.60. The Morgan fingerprint density at radius 3 is 2.55 bits per heavy atom. The summed E-state index contributed by atoms with van der Waals surface area (Å²) in [5.41, 5.74) is 2.97. The first kappa shape index (κ1) is 24.8. The van der Waals surface area contributed by atoms with E-state index in [4.69, 9.17) is 9.84 Å². The minimum atomic E-state index is -0.515. The molecule has 38 heavy (non-hydrogen) atoms. The van der Waals surface area contributed by atoms with Gasteiger partial charge in [-0.15, -0.1) is 0 Å². The van der Waals surface area contributed by atoms with Gasteiger partial charge in [0.15, 0.2) is 0 Å². The number of rotatable bonds is 6. The van der Waals surface area contributed by atoms with Gasteiger partial charge in [0.05, 0.1) is 34.9 Å². The molecule has 10 nitrogen and oxygen atoms in total. The molecule has 192 valence electrons. The van der Waals surface area contributed by atoms with Gasteiger partial charge in [-0.1, -0.05) is 36.0 Å². The van der Waals surface area contributed by atoms with E-state index in [1.165, 1.54) is 6.07 Å². The number of ether oxygens (including phenoxy) is 1. The highest BCUT2D eigenvalue weighted by atomic mass is 16.6. The van der Waals surface area contributed by atoms with Crippen LogP contribution in [0.2, 0.25) is 0 Å². The lowest BCUT2D eigenvalue weighted by Crippen LogP contribution is -2.36. The quantitative estimate of drug-likeness (QED) is 0.173. The third kappa shape index (κ3) is 4.53. The van der Waals surface area contributed by atoms with Gasteiger partial charge in [-0.05, 0) is 48.9 Å². The summed E-state index contributed by atoms with van der Waals surface area (Å²) >= 11 is 0. The second kappa shape index (κ2) is 10.3. The average molecular weight is 512 g/mol. The maximum absolute atomic E-state index is 13.7. The Bertz CT molecular complexity index is 1650. The van der Waals surface area contributed by atoms with E-state index in [2.05, 4.69) is 16.6 Å². The van der Waals surface area contributed by atoms with Gasteiger partial charge in [-0.3, -0.25) is 14.9 Å². The van der Waals surface area contributed by atoms with E-state index in [1.54, 1.807) is 55.5 Å². The number of aromatic nitrogens is 2. The fourth-order valence-electron chi connectivity index (χ4n) is 4.59. The van der Waals surface area contributed by atoms with Crippen LogP contribution < -0.4 is 10.5 Å². The molecule has 1 N–H and O–H groups in total. The standard InChI is InChI=1S/C28H25N5O5/c1-3-19-14-20(18(2)30-35)16-21(15-19)27-23-6-4-5-7-24(23)28(34)32(29-27)26-17-22(8-9-25(26)33(36)37)31-10-12-38-13-11-31/h3-9,14-17,35H,1,10-13H2,2H3. The molecule has 3 aromatic carbocycles. The first-order valence-corrected chi connectivity index (χ1v) is 12.0. The normalized spacial score (nSPS) is 14.0. The van der Waals surface area contributed by atoms with Crippen molar-refractivity contribution >= 4 is 33.9 Å². The fraction of sp³-hybridized carbons (Fsp3) is 0.179. The molecule has 1 fully saturated rings. The lowest BCUT2D eigenvalue weighted by atomic mass is 9.98. The van der Waals surface area contributed by atoms with Crippen LogP contribution in [0.3, 0.4) is 0 Å². The van der Waals surface area contributed by atoms with Crippen LogP contribution in [0.15, 0.2) is 77.2 Å². The smallest absolute Gasteiger partial charge is 0.295 e. The number of nitro groups is 1. The Balaban J connectivity index is 1.81. The van der Waals surface area contributed by atoms with Crippen LogP contribution in [0.1, 0.15) is 18.1 Å². The number of fused-ring (bicyclic) bond motifs is 1. The molecule has 0 saturated carbocycles. The van der Waals surface area contributed by atoms with Gasteiger partial charge in [0.25, 0.3) is 11.2 Å². The zero-order chi connectivity index (χ0) is 26.8. The van der Waals surface area contributed by atoms with Crippen molar-refractivity contribution in [3.8, 4) is 16.9 Å². The molecular weight excluding hydrogens is 486 g/mol. The van der Waals surface area contributed by atoms with Crippen LogP contribution in [0, 0.1) is 10.1 Å². The molecule has 0 aliphatic carbocycles. The topological polar surface area (TPSA) is 123 Å². The van der Waals surface area contributed by atoms with Crippen molar-refractivity contribution in [2.75, 3.05) is 31.2 Å². The molecule has 0 amide bonds. The first-order valence-electron chi connectivity index (χ1n) is 12.0. The summed E-state index contributed by atoms with van der Waals surface area (Å²) in [5.74, 6) is 0. The Kier molecular flexibility index (Phi) is 6.71. The van der Waals surface area contributed by atoms with Crippen LogP contribution in [-0.4, -0.2) is 51.9 Å². The van der Waals surface area contributed by atoms with Crippen molar-refractivity contribution < 1.29 is 14.9 Å². The van der Waals surface area contributed by atoms with Gasteiger partial charge < -0.3 is 14.8 Å². The number of anilines is 1. The molecule has 1 saturated heterocycles. The predicted octanol–water partition coefficient (Wildman–Crippen LogP) is 4.64. The minimum Gasteiger partial charge on any atom is -0.411 e. The molecular formula is C28H25N5O5. The van der Waals surface area contributed by atoms with E-state index in [0.717, 1.165) is 15.9 Å². The Morgan fingerprint density at radius 1 is 1.13 bits per heavy atom. The maximum Gasteiger partial charge on any atom is 0.295 e. The lowest BCUT2D eigenvalue weighted by molar-refractivity contribution is -0.384. The highest BCUT2D eigenvalue weighted by Gasteiger charge is 2.23. The van der Waals surface area contributed by atoms with Crippen LogP contribution in [0.25, 0.3) is 33.8 Å². The zero-order valence-electron chi connectivity index (χ0n) is 20.7. The molecule has 0 atom stereocenters. The maximum atomic E-state index is 13.7. The van der Waals surface area contributed by atoms with E-state index in [1.807, 2.05) is 12.1 Å². The second-order valence-electron chi connectivity index (χ2n) is 8.87. The number of morpholine rings is 1. The number of hydrogen-bond donors (Lipinski definition) is 1. The van der Waals surface area contributed by atoms with Crippen molar-refractivity contribution in [1.82, 2.24) is 9.78 Å². The molecule has 10 heteroatoms. The van der Waals surface area contributed by atoms with E-state index >= 15 is 0 Å². The van der Waals surface area contributed by atoms with Crippen molar-refractivity contribution in [3.63, 3.8) is 0 Å². The number of benzene rings is 3. The lowest BCUT2D eigenvalue weighted by Gasteiger charge is -2.29. The summed E-state index contributed by atoms with van der Waals surface area (Å²) in [6.07, 6.45) is 1.66. The van der Waals surface area contributed by atoms with E-state index in [0.29, 0.717) is 59.6 Å². The molecule has 2 heterocycles. The summed E-state index contributed by atoms with van der Waals surface area (Å²) in [4.78, 5) is 27.3. The molecule has 0 radical (unpaired) electrons. The Morgan fingerprint density at radius 2 is 1.87 bits per heavy atom. The summed E-state index contributed by atoms with van der Waals surface area (Å²) in [7, 11) is 0. The third-order valence-electron chi connectivity index (χ3n) is 6.60. The summed E-state index contributed by atoms with van der Waals surface area (Å²) < 4.78 is 6.54. The van der Waals surface area contributed by atoms with Crippen molar-refractivity contribution in [3.05, 3.63) is 98.8 Å². The molecule has 1 aliphatic heterocycles. The van der Waals surface area contributed by atoms with Gasteiger partial charge >= 0.3 is 0 Å². The number of nitrogens with zero attached hydrogens (tertiary/aromatic N) is 5. The van der Waals surface area contributed by atoms with Crippen molar-refractivity contribution in [1.29, 1.82) is 0 Å². The molecule has 0 unspecified atom stereocenters. The van der Waals surface area contributed by atoms with Crippen LogP contribution >= 0.6 is 0 Å². The molecule has 0 bridgehead atoms. The molecule has 0 spiro atoms. The largest absolute Gasteiger partial charge is 0.411 e. The number of hydrogen-bond acceptors (Lipinski definition) is 8. The van der Waals surface area contributed by atoms with E-state index in [9.17, 15) is 20.1 Å². The molecule has 5 rings (SSSR count). The van der Waals surface area contributed by atoms with Gasteiger partial charge in [0, 0.05) is 41.4 Å². The zero-order valence-corrected chi connectivity index (χ0v) is 20.7. The summed E-state index contributed by atoms with van der Waals surface area (Å²) in [6, 6.07) is 17.2. The summed E-state index contributed by atoms with van der Waals surface area (Å²) in [5, 5.41) is 30.3. The highest BCUT2D eigenvalue weighted by Crippen LogP contribution is 2.31. The second-order valence-corrected chi connectivity index (χ2v) is 8.87. The minimum absolute atomic E-state index is 0.0733. The van der Waals surface area contributed by atoms with Gasteiger partial charge in [-0.2, -0.15) is 9.78 Å². The Hall–Kier alpha value is -4.83. The number of oxime groups is 1. The Labute approximate surface area is 217 Å². The van der Waals surface area contributed by atoms with E-state index in [-0.39, 0.29) is 11.4 Å². The van der Waals surface area contributed by atoms with Crippen molar-refractivity contribution in [2.24, 2.45) is 5.16 Å². The van der Waals surface area contributed by atoms with Gasteiger partial charge in [-0.25, -0.2) is 0 Å². The van der Waals surface area contributed by atoms with Crippen LogP contribution in [0.4, 0.5) is 11.4 Å². The van der Waals surface area contributed by atoms with Crippen molar-refractivity contribution in [2.45, 2.75) is 6.92 Å². The fourth-order valence-corrected chi connectivity index (χ4v) is 4.59. The monoisotopic (exact) mass is 511 g/mol. The van der Waals surface area contributed by atoms with Gasteiger partial charge in [0.2, 0.25) is 0 Å². The molecule has 1 aromatic heterocycles. The molecule has 1 aliphatic rings. The van der Waals surface area contributed by atoms with Crippen LogP contribution in [-0.2, 0) is 4.74 Å². The van der Waals surface area contributed by atoms with E-state index < -0.39 is 10.5 Å². The SMILES string of the molecule is C=Cc1cc(C(C)=NO)cc(-c2nn(-c3cc(N4CCOCC4)ccc3[N+](=O)[O-])c(=O)c3ccccc23)c1. The average Bonchev–Trinajstić information content (AvgIpc) is 2.96.